The van der Waals surface area contributed by atoms with Crippen molar-refractivity contribution in [1.82, 2.24) is 4.90 Å². The number of aliphatic hydroxyl groups excluding tert-OH is 1. The van der Waals surface area contributed by atoms with E-state index in [-0.39, 0.29) is 30.5 Å². The van der Waals surface area contributed by atoms with Crippen molar-refractivity contribution in [3.05, 3.63) is 90.0 Å². The van der Waals surface area contributed by atoms with Gasteiger partial charge in [-0.1, -0.05) is 66.7 Å². The van der Waals surface area contributed by atoms with Crippen molar-refractivity contribution in [3.63, 3.8) is 0 Å². The smallest absolute Gasteiger partial charge is 0.227 e. The quantitative estimate of drug-likeness (QED) is 0.690. The summed E-state index contributed by atoms with van der Waals surface area (Å²) in [6.07, 6.45) is 1.31. The molecule has 2 heterocycles. The van der Waals surface area contributed by atoms with Crippen molar-refractivity contribution in [2.45, 2.75) is 24.9 Å². The molecule has 0 saturated carbocycles. The first-order valence-corrected chi connectivity index (χ1v) is 10.6. The van der Waals surface area contributed by atoms with E-state index in [1.165, 1.54) is 5.56 Å². The van der Waals surface area contributed by atoms with Gasteiger partial charge < -0.3 is 15.3 Å². The maximum atomic E-state index is 13.3. The second-order valence-electron chi connectivity index (χ2n) is 8.25. The molecule has 0 radical (unpaired) electrons. The topological polar surface area (TPSA) is 52.6 Å². The van der Waals surface area contributed by atoms with Gasteiger partial charge in [0.25, 0.3) is 0 Å². The third kappa shape index (κ3) is 3.37. The summed E-state index contributed by atoms with van der Waals surface area (Å²) in [5.41, 5.74) is 5.54. The van der Waals surface area contributed by atoms with E-state index in [0.717, 1.165) is 35.3 Å². The minimum Gasteiger partial charge on any atom is -0.394 e. The average molecular weight is 399 g/mol. The SMILES string of the molecule is O=C(Cc1ccccc1)N1CC[C@@H]2[C@H](CO)Nc3ccc(-c4ccccc4)cc3[C@@H]21. The van der Waals surface area contributed by atoms with Crippen LogP contribution >= 0.6 is 0 Å². The van der Waals surface area contributed by atoms with Gasteiger partial charge in [0.1, 0.15) is 0 Å². The largest absolute Gasteiger partial charge is 0.394 e. The lowest BCUT2D eigenvalue weighted by Gasteiger charge is -2.39. The standard InChI is InChI=1S/C26H26N2O2/c29-17-24-21-13-14-28(25(30)15-18-7-3-1-4-8-18)26(21)22-16-20(11-12-23(22)27-24)19-9-5-2-6-10-19/h1-12,16,21,24,26-27,29H,13-15,17H2/t21-,24+,26-/m1/s1. The lowest BCUT2D eigenvalue weighted by molar-refractivity contribution is -0.131. The minimum atomic E-state index is -0.0281. The summed E-state index contributed by atoms with van der Waals surface area (Å²) in [5, 5.41) is 13.5. The Labute approximate surface area is 177 Å². The van der Waals surface area contributed by atoms with Gasteiger partial charge >= 0.3 is 0 Å². The molecule has 3 aromatic carbocycles. The van der Waals surface area contributed by atoms with Gasteiger partial charge in [-0.3, -0.25) is 4.79 Å². The van der Waals surface area contributed by atoms with Crippen LogP contribution in [0.4, 0.5) is 5.69 Å². The number of anilines is 1. The second-order valence-corrected chi connectivity index (χ2v) is 8.25. The maximum Gasteiger partial charge on any atom is 0.227 e. The number of nitrogens with zero attached hydrogens (tertiary/aromatic N) is 1. The molecule has 152 valence electrons. The first-order chi connectivity index (χ1) is 14.7. The van der Waals surface area contributed by atoms with E-state index in [1.807, 2.05) is 53.4 Å². The molecule has 0 aromatic heterocycles. The predicted octanol–water partition coefficient (Wildman–Crippen LogP) is 4.27. The monoisotopic (exact) mass is 398 g/mol. The minimum absolute atomic E-state index is 0.00160. The Morgan fingerprint density at radius 2 is 1.70 bits per heavy atom. The molecule has 5 rings (SSSR count). The Morgan fingerprint density at radius 1 is 0.967 bits per heavy atom. The zero-order chi connectivity index (χ0) is 20.5. The molecule has 1 amide bonds. The predicted molar refractivity (Wildman–Crippen MR) is 119 cm³/mol. The summed E-state index contributed by atoms with van der Waals surface area (Å²) < 4.78 is 0. The van der Waals surface area contributed by atoms with Crippen LogP contribution in [0.2, 0.25) is 0 Å². The van der Waals surface area contributed by atoms with Crippen molar-refractivity contribution in [2.75, 3.05) is 18.5 Å². The van der Waals surface area contributed by atoms with Crippen LogP contribution in [0.3, 0.4) is 0 Å². The van der Waals surface area contributed by atoms with Gasteiger partial charge in [-0.05, 0) is 40.8 Å². The van der Waals surface area contributed by atoms with E-state index < -0.39 is 0 Å². The highest BCUT2D eigenvalue weighted by Gasteiger charge is 2.45. The molecule has 4 nitrogen and oxygen atoms in total. The highest BCUT2D eigenvalue weighted by molar-refractivity contribution is 5.81. The van der Waals surface area contributed by atoms with Crippen molar-refractivity contribution in [1.29, 1.82) is 0 Å². The Kier molecular flexibility index (Phi) is 5.01. The number of carbonyl (C=O) groups excluding carboxylic acids is 1. The van der Waals surface area contributed by atoms with Crippen molar-refractivity contribution in [3.8, 4) is 11.1 Å². The van der Waals surface area contributed by atoms with Crippen LogP contribution in [0.5, 0.6) is 0 Å². The highest BCUT2D eigenvalue weighted by atomic mass is 16.3. The first-order valence-electron chi connectivity index (χ1n) is 10.6. The van der Waals surface area contributed by atoms with Crippen LogP contribution in [-0.4, -0.2) is 35.1 Å². The zero-order valence-electron chi connectivity index (χ0n) is 16.9. The van der Waals surface area contributed by atoms with Gasteiger partial charge in [0.05, 0.1) is 25.1 Å². The molecular weight excluding hydrogens is 372 g/mol. The number of benzene rings is 3. The molecule has 0 unspecified atom stereocenters. The normalized spacial score (nSPS) is 22.2. The maximum absolute atomic E-state index is 13.3. The number of hydrogen-bond donors (Lipinski definition) is 2. The van der Waals surface area contributed by atoms with Gasteiger partial charge in [0, 0.05) is 18.2 Å². The fourth-order valence-corrected chi connectivity index (χ4v) is 5.02. The molecule has 4 heteroatoms. The van der Waals surface area contributed by atoms with E-state index in [9.17, 15) is 9.90 Å². The van der Waals surface area contributed by atoms with Crippen LogP contribution in [0.15, 0.2) is 78.9 Å². The number of rotatable bonds is 4. The molecule has 2 aliphatic rings. The van der Waals surface area contributed by atoms with Crippen LogP contribution in [-0.2, 0) is 11.2 Å². The lowest BCUT2D eigenvalue weighted by Crippen LogP contribution is -2.43. The summed E-state index contributed by atoms with van der Waals surface area (Å²) in [4.78, 5) is 15.3. The van der Waals surface area contributed by atoms with Crippen molar-refractivity contribution < 1.29 is 9.90 Å². The molecule has 1 saturated heterocycles. The van der Waals surface area contributed by atoms with Gasteiger partial charge in [-0.2, -0.15) is 0 Å². The van der Waals surface area contributed by atoms with E-state index in [4.69, 9.17) is 0 Å². The molecule has 0 aliphatic carbocycles. The molecule has 0 bridgehead atoms. The summed E-state index contributed by atoms with van der Waals surface area (Å²) in [5.74, 6) is 0.372. The summed E-state index contributed by atoms with van der Waals surface area (Å²) in [6.45, 7) is 0.802. The summed E-state index contributed by atoms with van der Waals surface area (Å²) in [7, 11) is 0. The molecular formula is C26H26N2O2. The number of fused-ring (bicyclic) bond motifs is 3. The van der Waals surface area contributed by atoms with E-state index >= 15 is 0 Å². The van der Waals surface area contributed by atoms with E-state index in [2.05, 4.69) is 35.6 Å². The number of hydrogen-bond acceptors (Lipinski definition) is 3. The van der Waals surface area contributed by atoms with Crippen LogP contribution in [0.1, 0.15) is 23.6 Å². The second kappa shape index (κ2) is 7.96. The first kappa shape index (κ1) is 18.9. The number of carbonyl (C=O) groups is 1. The number of nitrogens with one attached hydrogen (secondary N) is 1. The Bertz CT molecular complexity index is 1040. The highest BCUT2D eigenvalue weighted by Crippen LogP contribution is 2.47. The Balaban J connectivity index is 1.51. The van der Waals surface area contributed by atoms with Gasteiger partial charge in [-0.15, -0.1) is 0 Å². The summed E-state index contributed by atoms with van der Waals surface area (Å²) in [6, 6.07) is 26.7. The number of likely N-dealkylation sites (tertiary alicyclic amines) is 1. The van der Waals surface area contributed by atoms with Crippen LogP contribution in [0.25, 0.3) is 11.1 Å². The van der Waals surface area contributed by atoms with Gasteiger partial charge in [0.2, 0.25) is 5.91 Å². The molecule has 2 aliphatic heterocycles. The zero-order valence-corrected chi connectivity index (χ0v) is 16.9. The number of amides is 1. The van der Waals surface area contributed by atoms with Gasteiger partial charge in [-0.25, -0.2) is 0 Å². The van der Waals surface area contributed by atoms with Crippen molar-refractivity contribution >= 4 is 11.6 Å². The third-order valence-electron chi connectivity index (χ3n) is 6.49. The third-order valence-corrected chi connectivity index (χ3v) is 6.49. The average Bonchev–Trinajstić information content (AvgIpc) is 3.25. The van der Waals surface area contributed by atoms with E-state index in [0.29, 0.717) is 6.42 Å². The summed E-state index contributed by atoms with van der Waals surface area (Å²) >= 11 is 0. The Morgan fingerprint density at radius 3 is 2.43 bits per heavy atom. The van der Waals surface area contributed by atoms with Crippen LogP contribution in [0, 0.1) is 5.92 Å². The molecule has 30 heavy (non-hydrogen) atoms. The molecule has 3 atom stereocenters. The molecule has 2 N–H and O–H groups in total. The fraction of sp³-hybridized carbons (Fsp3) is 0.269. The van der Waals surface area contributed by atoms with E-state index in [1.54, 1.807) is 0 Å². The van der Waals surface area contributed by atoms with Crippen LogP contribution < -0.4 is 5.32 Å². The van der Waals surface area contributed by atoms with Crippen molar-refractivity contribution in [2.24, 2.45) is 5.92 Å². The Hall–Kier alpha value is -3.11. The fourth-order valence-electron chi connectivity index (χ4n) is 5.02. The molecule has 0 spiro atoms. The molecule has 1 fully saturated rings. The number of aliphatic hydroxyl groups is 1. The molecule has 3 aromatic rings. The lowest BCUT2D eigenvalue weighted by atomic mass is 9.82. The van der Waals surface area contributed by atoms with Gasteiger partial charge in [0.15, 0.2) is 0 Å².